The highest BCUT2D eigenvalue weighted by Gasteiger charge is 2.19. The highest BCUT2D eigenvalue weighted by molar-refractivity contribution is 9.10. The Hall–Kier alpha value is -3.59. The van der Waals surface area contributed by atoms with Crippen LogP contribution in [0.4, 0.5) is 5.69 Å². The molecule has 3 aromatic rings. The molecule has 2 aromatic carbocycles. The van der Waals surface area contributed by atoms with Gasteiger partial charge in [-0.05, 0) is 70.5 Å². The molecule has 0 radical (unpaired) electrons. The van der Waals surface area contributed by atoms with E-state index in [0.29, 0.717) is 21.9 Å². The van der Waals surface area contributed by atoms with Crippen LogP contribution in [0, 0.1) is 0 Å². The van der Waals surface area contributed by atoms with E-state index < -0.39 is 17.8 Å². The molecule has 0 aliphatic carbocycles. The third kappa shape index (κ3) is 4.87. The number of benzene rings is 2. The third-order valence-corrected chi connectivity index (χ3v) is 4.37. The van der Waals surface area contributed by atoms with Gasteiger partial charge in [0.2, 0.25) is 0 Å². The highest BCUT2D eigenvalue weighted by Crippen LogP contribution is 2.26. The molecule has 1 heterocycles. The molecule has 0 aliphatic heterocycles. The molecule has 154 valence electrons. The van der Waals surface area contributed by atoms with Gasteiger partial charge in [-0.2, -0.15) is 0 Å². The maximum atomic E-state index is 12.1. The van der Waals surface area contributed by atoms with Gasteiger partial charge >= 0.3 is 11.9 Å². The summed E-state index contributed by atoms with van der Waals surface area (Å²) in [4.78, 5) is 35.9. The zero-order chi connectivity index (χ0) is 21.7. The van der Waals surface area contributed by atoms with Crippen molar-refractivity contribution in [3.63, 3.8) is 0 Å². The monoisotopic (exact) mass is 473 g/mol. The van der Waals surface area contributed by atoms with E-state index in [1.54, 1.807) is 36.4 Å². The standard InChI is InChI=1S/C21H16BrNO7/c1-27-20(25)15-8-7-14(11-16(15)21(26)28-2)29-13-5-3-12(4-6-13)23-19(24)17-9-10-18(22)30-17/h3-11H,1-2H3,(H,23,24). The van der Waals surface area contributed by atoms with E-state index >= 15 is 0 Å². The Kier molecular flexibility index (Phi) is 6.53. The molecule has 1 aromatic heterocycles. The van der Waals surface area contributed by atoms with Crippen molar-refractivity contribution in [1.29, 1.82) is 0 Å². The van der Waals surface area contributed by atoms with E-state index in [4.69, 9.17) is 13.9 Å². The number of esters is 2. The van der Waals surface area contributed by atoms with Crippen LogP contribution in [0.15, 0.2) is 63.7 Å². The summed E-state index contributed by atoms with van der Waals surface area (Å²) in [5.41, 5.74) is 0.630. The number of carbonyl (C=O) groups is 3. The molecule has 3 rings (SSSR count). The Morgan fingerprint density at radius 3 is 2.07 bits per heavy atom. The van der Waals surface area contributed by atoms with Crippen molar-refractivity contribution in [3.05, 3.63) is 76.2 Å². The topological polar surface area (TPSA) is 104 Å². The molecule has 0 saturated carbocycles. The predicted molar refractivity (Wildman–Crippen MR) is 110 cm³/mol. The molecule has 0 aliphatic rings. The Morgan fingerprint density at radius 2 is 1.47 bits per heavy atom. The number of hydrogen-bond donors (Lipinski definition) is 1. The van der Waals surface area contributed by atoms with Gasteiger partial charge in [0.1, 0.15) is 11.5 Å². The first kappa shape index (κ1) is 21.1. The summed E-state index contributed by atoms with van der Waals surface area (Å²) in [6.45, 7) is 0. The minimum atomic E-state index is -0.691. The first-order valence-corrected chi connectivity index (χ1v) is 9.36. The van der Waals surface area contributed by atoms with Gasteiger partial charge in [-0.1, -0.05) is 0 Å². The Labute approximate surface area is 179 Å². The van der Waals surface area contributed by atoms with Gasteiger partial charge in [0.25, 0.3) is 5.91 Å². The van der Waals surface area contributed by atoms with Crippen LogP contribution < -0.4 is 10.1 Å². The lowest BCUT2D eigenvalue weighted by atomic mass is 10.1. The highest BCUT2D eigenvalue weighted by atomic mass is 79.9. The second-order valence-corrected chi connectivity index (χ2v) is 6.66. The maximum absolute atomic E-state index is 12.1. The van der Waals surface area contributed by atoms with E-state index in [2.05, 4.69) is 26.0 Å². The molecular formula is C21H16BrNO7. The van der Waals surface area contributed by atoms with Crippen molar-refractivity contribution in [1.82, 2.24) is 0 Å². The zero-order valence-electron chi connectivity index (χ0n) is 15.9. The Morgan fingerprint density at radius 1 is 0.833 bits per heavy atom. The quantitative estimate of drug-likeness (QED) is 0.519. The third-order valence-electron chi connectivity index (χ3n) is 3.95. The van der Waals surface area contributed by atoms with E-state index in [9.17, 15) is 14.4 Å². The second-order valence-electron chi connectivity index (χ2n) is 5.87. The van der Waals surface area contributed by atoms with Gasteiger partial charge in [-0.15, -0.1) is 0 Å². The number of hydrogen-bond acceptors (Lipinski definition) is 7. The number of methoxy groups -OCH3 is 2. The summed E-state index contributed by atoms with van der Waals surface area (Å²) < 4.78 is 20.8. The van der Waals surface area contributed by atoms with Crippen LogP contribution in [0.25, 0.3) is 0 Å². The summed E-state index contributed by atoms with van der Waals surface area (Å²) in [5, 5.41) is 2.70. The number of ether oxygens (including phenoxy) is 3. The van der Waals surface area contributed by atoms with Crippen molar-refractivity contribution >= 4 is 39.5 Å². The van der Waals surface area contributed by atoms with Gasteiger partial charge in [0, 0.05) is 5.69 Å². The number of rotatable bonds is 6. The van der Waals surface area contributed by atoms with Crippen molar-refractivity contribution in [2.75, 3.05) is 19.5 Å². The van der Waals surface area contributed by atoms with Crippen LogP contribution >= 0.6 is 15.9 Å². The van der Waals surface area contributed by atoms with E-state index in [-0.39, 0.29) is 16.9 Å². The number of amides is 1. The lowest BCUT2D eigenvalue weighted by molar-refractivity contribution is 0.0555. The van der Waals surface area contributed by atoms with Crippen LogP contribution in [-0.4, -0.2) is 32.1 Å². The van der Waals surface area contributed by atoms with E-state index in [0.717, 1.165) is 0 Å². The molecule has 8 nitrogen and oxygen atoms in total. The second kappa shape index (κ2) is 9.27. The fourth-order valence-electron chi connectivity index (χ4n) is 2.53. The first-order chi connectivity index (χ1) is 14.4. The minimum Gasteiger partial charge on any atom is -0.465 e. The van der Waals surface area contributed by atoms with Gasteiger partial charge in [0.15, 0.2) is 10.4 Å². The molecule has 0 fully saturated rings. The number of furan rings is 1. The molecule has 0 atom stereocenters. The largest absolute Gasteiger partial charge is 0.465 e. The lowest BCUT2D eigenvalue weighted by Crippen LogP contribution is -2.11. The summed E-state index contributed by atoms with van der Waals surface area (Å²) in [6, 6.07) is 14.1. The van der Waals surface area contributed by atoms with Crippen LogP contribution in [0.5, 0.6) is 11.5 Å². The lowest BCUT2D eigenvalue weighted by Gasteiger charge is -2.11. The first-order valence-electron chi connectivity index (χ1n) is 8.56. The molecule has 0 bridgehead atoms. The van der Waals surface area contributed by atoms with Crippen LogP contribution in [0.3, 0.4) is 0 Å². The predicted octanol–water partition coefficient (Wildman–Crippen LogP) is 4.66. The SMILES string of the molecule is COC(=O)c1ccc(Oc2ccc(NC(=O)c3ccc(Br)o3)cc2)cc1C(=O)OC. The average Bonchev–Trinajstić information content (AvgIpc) is 3.20. The molecule has 9 heteroatoms. The van der Waals surface area contributed by atoms with Crippen molar-refractivity contribution in [3.8, 4) is 11.5 Å². The summed E-state index contributed by atoms with van der Waals surface area (Å²) in [6.07, 6.45) is 0. The zero-order valence-corrected chi connectivity index (χ0v) is 17.5. The summed E-state index contributed by atoms with van der Waals surface area (Å²) >= 11 is 3.14. The number of carbonyl (C=O) groups excluding carboxylic acids is 3. The smallest absolute Gasteiger partial charge is 0.338 e. The maximum Gasteiger partial charge on any atom is 0.338 e. The fourth-order valence-corrected chi connectivity index (χ4v) is 2.83. The average molecular weight is 474 g/mol. The molecule has 1 amide bonds. The van der Waals surface area contributed by atoms with Gasteiger partial charge in [-0.3, -0.25) is 4.79 Å². The molecule has 0 saturated heterocycles. The van der Waals surface area contributed by atoms with Crippen molar-refractivity contribution < 1.29 is 33.0 Å². The van der Waals surface area contributed by atoms with Crippen molar-refractivity contribution in [2.24, 2.45) is 0 Å². The minimum absolute atomic E-state index is 0.0235. The van der Waals surface area contributed by atoms with Crippen LogP contribution in [-0.2, 0) is 9.47 Å². The molecule has 0 spiro atoms. The van der Waals surface area contributed by atoms with E-state index in [1.807, 2.05) is 0 Å². The van der Waals surface area contributed by atoms with Gasteiger partial charge in [-0.25, -0.2) is 9.59 Å². The number of nitrogens with one attached hydrogen (secondary N) is 1. The number of anilines is 1. The summed E-state index contributed by atoms with van der Waals surface area (Å²) in [5.74, 6) is -0.802. The normalized spacial score (nSPS) is 10.2. The molecule has 0 unspecified atom stereocenters. The van der Waals surface area contributed by atoms with Gasteiger partial charge < -0.3 is 23.9 Å². The molecular weight excluding hydrogens is 458 g/mol. The van der Waals surface area contributed by atoms with Crippen LogP contribution in [0.1, 0.15) is 31.3 Å². The van der Waals surface area contributed by atoms with Crippen LogP contribution in [0.2, 0.25) is 0 Å². The number of halogens is 1. The molecule has 30 heavy (non-hydrogen) atoms. The van der Waals surface area contributed by atoms with Gasteiger partial charge in [0.05, 0.1) is 25.3 Å². The van der Waals surface area contributed by atoms with E-state index in [1.165, 1.54) is 32.4 Å². The Bertz CT molecular complexity index is 1090. The summed E-state index contributed by atoms with van der Waals surface area (Å²) in [7, 11) is 2.43. The van der Waals surface area contributed by atoms with Crippen molar-refractivity contribution in [2.45, 2.75) is 0 Å². The fraction of sp³-hybridized carbons (Fsp3) is 0.0952. The Balaban J connectivity index is 1.74. The molecule has 1 N–H and O–H groups in total.